The topological polar surface area (TPSA) is 68.2 Å². The molecule has 1 aromatic heterocycles. The summed E-state index contributed by atoms with van der Waals surface area (Å²) in [7, 11) is 0. The molecule has 0 amide bonds. The van der Waals surface area contributed by atoms with Gasteiger partial charge in [0.15, 0.2) is 5.82 Å². The van der Waals surface area contributed by atoms with Crippen molar-refractivity contribution in [1.82, 2.24) is 15.0 Å². The van der Waals surface area contributed by atoms with Gasteiger partial charge in [0.2, 0.25) is 5.89 Å². The summed E-state index contributed by atoms with van der Waals surface area (Å²) in [5.74, 6) is 1.42. The molecule has 1 aliphatic rings. The van der Waals surface area contributed by atoms with E-state index in [1.54, 1.807) is 0 Å². The molecular formula is C14H26N4O. The Kier molecular flexibility index (Phi) is 4.93. The molecule has 0 spiro atoms. The van der Waals surface area contributed by atoms with Crippen molar-refractivity contribution in [2.75, 3.05) is 19.6 Å². The summed E-state index contributed by atoms with van der Waals surface area (Å²) in [5.41, 5.74) is 6.13. The molecule has 1 aliphatic heterocycles. The number of hydrogen-bond donors (Lipinski definition) is 1. The monoisotopic (exact) mass is 266 g/mol. The third-order valence-corrected chi connectivity index (χ3v) is 3.89. The number of nitrogens with zero attached hydrogens (tertiary/aromatic N) is 3. The van der Waals surface area contributed by atoms with Gasteiger partial charge in [0.05, 0.1) is 5.54 Å². The lowest BCUT2D eigenvalue weighted by atomic mass is 9.91. The van der Waals surface area contributed by atoms with Crippen LogP contribution < -0.4 is 5.73 Å². The minimum atomic E-state index is -0.405. The summed E-state index contributed by atoms with van der Waals surface area (Å²) in [6.45, 7) is 7.64. The van der Waals surface area contributed by atoms with Crippen molar-refractivity contribution in [3.63, 3.8) is 0 Å². The summed E-state index contributed by atoms with van der Waals surface area (Å²) in [5, 5.41) is 4.11. The van der Waals surface area contributed by atoms with Crippen LogP contribution in [0.5, 0.6) is 0 Å². The van der Waals surface area contributed by atoms with Gasteiger partial charge >= 0.3 is 0 Å². The Morgan fingerprint density at radius 2 is 2.11 bits per heavy atom. The highest BCUT2D eigenvalue weighted by molar-refractivity contribution is 5.05. The number of aryl methyl sites for hydroxylation is 1. The Hall–Kier alpha value is -0.940. The molecule has 1 fully saturated rings. The van der Waals surface area contributed by atoms with Crippen LogP contribution in [0.3, 0.4) is 0 Å². The fraction of sp³-hybridized carbons (Fsp3) is 0.857. The third-order valence-electron chi connectivity index (χ3n) is 3.89. The third kappa shape index (κ3) is 3.54. The SMILES string of the molecule is CCCc1nc(C2(N)CCCN(CCC)CC2)no1. The first-order valence-electron chi connectivity index (χ1n) is 7.52. The van der Waals surface area contributed by atoms with Crippen molar-refractivity contribution in [2.45, 2.75) is 57.9 Å². The van der Waals surface area contributed by atoms with E-state index in [9.17, 15) is 0 Å². The van der Waals surface area contributed by atoms with Crippen molar-refractivity contribution < 1.29 is 4.52 Å². The Balaban J connectivity index is 2.04. The molecule has 1 aromatic rings. The first kappa shape index (κ1) is 14.5. The fourth-order valence-electron chi connectivity index (χ4n) is 2.75. The van der Waals surface area contributed by atoms with E-state index in [0.29, 0.717) is 5.82 Å². The summed E-state index contributed by atoms with van der Waals surface area (Å²) in [6, 6.07) is 0. The van der Waals surface area contributed by atoms with Gasteiger partial charge in [-0.05, 0) is 45.2 Å². The summed E-state index contributed by atoms with van der Waals surface area (Å²) in [4.78, 5) is 6.97. The zero-order valence-corrected chi connectivity index (χ0v) is 12.2. The van der Waals surface area contributed by atoms with E-state index in [0.717, 1.165) is 57.6 Å². The van der Waals surface area contributed by atoms with Gasteiger partial charge in [-0.3, -0.25) is 0 Å². The number of hydrogen-bond acceptors (Lipinski definition) is 5. The molecule has 1 unspecified atom stereocenters. The van der Waals surface area contributed by atoms with Crippen molar-refractivity contribution in [3.8, 4) is 0 Å². The first-order chi connectivity index (χ1) is 9.18. The van der Waals surface area contributed by atoms with Crippen molar-refractivity contribution in [1.29, 1.82) is 0 Å². The van der Waals surface area contributed by atoms with E-state index in [2.05, 4.69) is 28.9 Å². The van der Waals surface area contributed by atoms with Crippen molar-refractivity contribution in [3.05, 3.63) is 11.7 Å². The van der Waals surface area contributed by atoms with E-state index in [-0.39, 0.29) is 0 Å². The first-order valence-corrected chi connectivity index (χ1v) is 7.52. The van der Waals surface area contributed by atoms with Crippen LogP contribution in [0.2, 0.25) is 0 Å². The van der Waals surface area contributed by atoms with Gasteiger partial charge in [0.1, 0.15) is 0 Å². The number of rotatable bonds is 5. The standard InChI is InChI=1S/C14H26N4O/c1-3-6-12-16-13(17-19-12)14(15)7-5-10-18(9-4-2)11-8-14/h3-11,15H2,1-2H3. The average molecular weight is 266 g/mol. The van der Waals surface area contributed by atoms with E-state index >= 15 is 0 Å². The minimum Gasteiger partial charge on any atom is -0.339 e. The molecule has 2 N–H and O–H groups in total. The number of nitrogens with two attached hydrogens (primary N) is 1. The van der Waals surface area contributed by atoms with Gasteiger partial charge in [0.25, 0.3) is 0 Å². The lowest BCUT2D eigenvalue weighted by molar-refractivity contribution is 0.271. The molecule has 0 radical (unpaired) electrons. The lowest BCUT2D eigenvalue weighted by Gasteiger charge is -2.24. The van der Waals surface area contributed by atoms with Gasteiger partial charge in [-0.2, -0.15) is 4.98 Å². The second-order valence-corrected chi connectivity index (χ2v) is 5.61. The molecular weight excluding hydrogens is 240 g/mol. The quantitative estimate of drug-likeness (QED) is 0.883. The highest BCUT2D eigenvalue weighted by Crippen LogP contribution is 2.28. The summed E-state index contributed by atoms with van der Waals surface area (Å²) < 4.78 is 5.28. The highest BCUT2D eigenvalue weighted by Gasteiger charge is 2.34. The Morgan fingerprint density at radius 1 is 1.26 bits per heavy atom. The van der Waals surface area contributed by atoms with E-state index in [1.165, 1.54) is 6.42 Å². The Labute approximate surface area is 115 Å². The maximum absolute atomic E-state index is 6.54. The zero-order valence-electron chi connectivity index (χ0n) is 12.2. The van der Waals surface area contributed by atoms with Crippen LogP contribution in [0.1, 0.15) is 57.7 Å². The minimum absolute atomic E-state index is 0.405. The predicted molar refractivity (Wildman–Crippen MR) is 74.7 cm³/mol. The summed E-state index contributed by atoms with van der Waals surface area (Å²) >= 11 is 0. The van der Waals surface area contributed by atoms with Gasteiger partial charge in [-0.15, -0.1) is 0 Å². The van der Waals surface area contributed by atoms with Gasteiger partial charge in [-0.25, -0.2) is 0 Å². The second kappa shape index (κ2) is 6.48. The van der Waals surface area contributed by atoms with Crippen LogP contribution in [-0.2, 0) is 12.0 Å². The highest BCUT2D eigenvalue weighted by atomic mass is 16.5. The van der Waals surface area contributed by atoms with Crippen LogP contribution >= 0.6 is 0 Å². The Morgan fingerprint density at radius 3 is 2.84 bits per heavy atom. The van der Waals surface area contributed by atoms with Crippen LogP contribution in [0.25, 0.3) is 0 Å². The van der Waals surface area contributed by atoms with Crippen molar-refractivity contribution >= 4 is 0 Å². The smallest absolute Gasteiger partial charge is 0.226 e. The van der Waals surface area contributed by atoms with Gasteiger partial charge in [0, 0.05) is 13.0 Å². The predicted octanol–water partition coefficient (Wildman–Crippen LogP) is 2.07. The fourth-order valence-corrected chi connectivity index (χ4v) is 2.75. The molecule has 0 aliphatic carbocycles. The maximum Gasteiger partial charge on any atom is 0.226 e. The van der Waals surface area contributed by atoms with Crippen LogP contribution in [-0.4, -0.2) is 34.7 Å². The molecule has 0 bridgehead atoms. The van der Waals surface area contributed by atoms with Crippen LogP contribution in [0, 0.1) is 0 Å². The van der Waals surface area contributed by atoms with Gasteiger partial charge in [-0.1, -0.05) is 19.0 Å². The molecule has 5 nitrogen and oxygen atoms in total. The maximum atomic E-state index is 6.54. The number of likely N-dealkylation sites (tertiary alicyclic amines) is 1. The number of aromatic nitrogens is 2. The van der Waals surface area contributed by atoms with E-state index in [4.69, 9.17) is 10.3 Å². The molecule has 5 heteroatoms. The largest absolute Gasteiger partial charge is 0.339 e. The molecule has 1 saturated heterocycles. The van der Waals surface area contributed by atoms with Crippen LogP contribution in [0.4, 0.5) is 0 Å². The van der Waals surface area contributed by atoms with Crippen molar-refractivity contribution in [2.24, 2.45) is 5.73 Å². The van der Waals surface area contributed by atoms with Crippen LogP contribution in [0.15, 0.2) is 4.52 Å². The lowest BCUT2D eigenvalue weighted by Crippen LogP contribution is -2.39. The van der Waals surface area contributed by atoms with E-state index < -0.39 is 5.54 Å². The molecule has 108 valence electrons. The van der Waals surface area contributed by atoms with E-state index in [1.807, 2.05) is 0 Å². The average Bonchev–Trinajstić information content (AvgIpc) is 2.78. The molecule has 1 atom stereocenters. The second-order valence-electron chi connectivity index (χ2n) is 5.61. The molecule has 19 heavy (non-hydrogen) atoms. The molecule has 2 rings (SSSR count). The summed E-state index contributed by atoms with van der Waals surface area (Å²) in [6.07, 6.45) is 6.01. The molecule has 0 aromatic carbocycles. The van der Waals surface area contributed by atoms with Gasteiger partial charge < -0.3 is 15.2 Å². The molecule has 2 heterocycles. The Bertz CT molecular complexity index is 393. The normalized spacial score (nSPS) is 25.4. The zero-order chi connectivity index (χ0) is 13.7. The molecule has 0 saturated carbocycles.